The first kappa shape index (κ1) is 17.2. The fraction of sp³-hybridized carbons (Fsp3) is 0.632. The van der Waals surface area contributed by atoms with E-state index in [0.717, 1.165) is 75.7 Å². The average molecular weight is 361 g/mol. The lowest BCUT2D eigenvalue weighted by Crippen LogP contribution is -2.42. The van der Waals surface area contributed by atoms with Gasteiger partial charge in [-0.25, -0.2) is 4.98 Å². The molecule has 0 aliphatic carbocycles. The van der Waals surface area contributed by atoms with Gasteiger partial charge >= 0.3 is 0 Å². The number of thiazole rings is 1. The molecule has 2 N–H and O–H groups in total. The zero-order valence-corrected chi connectivity index (χ0v) is 15.5. The normalized spacial score (nSPS) is 22.2. The van der Waals surface area contributed by atoms with Crippen molar-refractivity contribution in [1.29, 1.82) is 0 Å². The highest BCUT2D eigenvalue weighted by Crippen LogP contribution is 2.29. The second kappa shape index (κ2) is 7.99. The van der Waals surface area contributed by atoms with Crippen LogP contribution in [0.3, 0.4) is 0 Å². The molecule has 2 saturated heterocycles. The number of hydrogen-bond acceptors (Lipinski definition) is 6. The van der Waals surface area contributed by atoms with E-state index < -0.39 is 0 Å². The molecule has 1 aromatic heterocycles. The highest BCUT2D eigenvalue weighted by atomic mass is 32.1. The average Bonchev–Trinajstić information content (AvgIpc) is 2.95. The molecule has 0 amide bonds. The van der Waals surface area contributed by atoms with Crippen molar-refractivity contribution in [3.63, 3.8) is 0 Å². The van der Waals surface area contributed by atoms with E-state index >= 15 is 0 Å². The number of nitrogens with one attached hydrogen (secondary N) is 1. The molecule has 2 fully saturated rings. The molecule has 25 heavy (non-hydrogen) atoms. The molecule has 136 valence electrons. The Bertz CT molecular complexity index is 652. The number of aliphatic hydroxyl groups is 1. The van der Waals surface area contributed by atoms with Crippen LogP contribution in [0.25, 0.3) is 10.2 Å². The maximum atomic E-state index is 10.6. The molecule has 2 aliphatic rings. The summed E-state index contributed by atoms with van der Waals surface area (Å²) in [6.07, 6.45) is 3.16. The zero-order chi connectivity index (χ0) is 17.1. The predicted molar refractivity (Wildman–Crippen MR) is 104 cm³/mol. The molecule has 1 unspecified atom stereocenters. The van der Waals surface area contributed by atoms with Crippen LogP contribution in [0.1, 0.15) is 19.3 Å². The Balaban J connectivity index is 1.35. The Morgan fingerprint density at radius 1 is 1.16 bits per heavy atom. The molecule has 3 heterocycles. The van der Waals surface area contributed by atoms with Gasteiger partial charge in [-0.2, -0.15) is 0 Å². The lowest BCUT2D eigenvalue weighted by Gasteiger charge is -2.31. The monoisotopic (exact) mass is 360 g/mol. The zero-order valence-electron chi connectivity index (χ0n) is 14.7. The lowest BCUT2D eigenvalue weighted by atomic mass is 9.92. The third-order valence-corrected chi connectivity index (χ3v) is 6.61. The molecule has 2 aromatic rings. The van der Waals surface area contributed by atoms with Crippen molar-refractivity contribution in [3.8, 4) is 0 Å². The first-order chi connectivity index (χ1) is 12.3. The van der Waals surface area contributed by atoms with Crippen molar-refractivity contribution >= 4 is 26.7 Å². The second-order valence-corrected chi connectivity index (χ2v) is 8.27. The minimum Gasteiger partial charge on any atom is -0.392 e. The Kier molecular flexibility index (Phi) is 5.51. The minimum atomic E-state index is -0.184. The molecule has 0 radical (unpaired) electrons. The standard InChI is InChI=1S/C19H28N4OS/c24-17(15-6-8-20-9-7-15)14-22-10-3-11-23(13-12-22)19-21-16-4-1-2-5-18(16)25-19/h1-2,4-5,15,17,20,24H,3,6-14H2. The second-order valence-electron chi connectivity index (χ2n) is 7.26. The minimum absolute atomic E-state index is 0.184. The third kappa shape index (κ3) is 4.14. The Morgan fingerprint density at radius 3 is 2.84 bits per heavy atom. The van der Waals surface area contributed by atoms with E-state index in [9.17, 15) is 5.11 Å². The number of aliphatic hydroxyl groups excluding tert-OH is 1. The van der Waals surface area contributed by atoms with Crippen molar-refractivity contribution in [1.82, 2.24) is 15.2 Å². The summed E-state index contributed by atoms with van der Waals surface area (Å²) in [7, 11) is 0. The SMILES string of the molecule is OC(CN1CCCN(c2nc3ccccc3s2)CC1)C1CCNCC1. The van der Waals surface area contributed by atoms with Crippen LogP contribution in [0.5, 0.6) is 0 Å². The van der Waals surface area contributed by atoms with E-state index in [4.69, 9.17) is 4.98 Å². The fourth-order valence-electron chi connectivity index (χ4n) is 3.98. The van der Waals surface area contributed by atoms with Gasteiger partial charge in [0.15, 0.2) is 5.13 Å². The first-order valence-corrected chi connectivity index (χ1v) is 10.3. The smallest absolute Gasteiger partial charge is 0.186 e. The number of fused-ring (bicyclic) bond motifs is 1. The van der Waals surface area contributed by atoms with Gasteiger partial charge in [0.05, 0.1) is 16.3 Å². The van der Waals surface area contributed by atoms with E-state index in [1.807, 2.05) is 0 Å². The summed E-state index contributed by atoms with van der Waals surface area (Å²) >= 11 is 1.79. The molecule has 2 aliphatic heterocycles. The highest BCUT2D eigenvalue weighted by molar-refractivity contribution is 7.22. The van der Waals surface area contributed by atoms with Crippen molar-refractivity contribution < 1.29 is 5.11 Å². The van der Waals surface area contributed by atoms with Gasteiger partial charge in [-0.1, -0.05) is 23.5 Å². The maximum absolute atomic E-state index is 10.6. The predicted octanol–water partition coefficient (Wildman–Crippen LogP) is 2.17. The summed E-state index contributed by atoms with van der Waals surface area (Å²) in [4.78, 5) is 9.67. The van der Waals surface area contributed by atoms with Gasteiger partial charge in [0.25, 0.3) is 0 Å². The molecule has 6 heteroatoms. The number of hydrogen-bond donors (Lipinski definition) is 2. The summed E-state index contributed by atoms with van der Waals surface area (Å²) in [5, 5.41) is 15.1. The first-order valence-electron chi connectivity index (χ1n) is 9.51. The number of anilines is 1. The van der Waals surface area contributed by atoms with E-state index in [2.05, 4.69) is 39.4 Å². The van der Waals surface area contributed by atoms with E-state index in [-0.39, 0.29) is 6.10 Å². The number of aromatic nitrogens is 1. The number of rotatable bonds is 4. The molecule has 1 atom stereocenters. The Morgan fingerprint density at radius 2 is 2.00 bits per heavy atom. The van der Waals surface area contributed by atoms with Crippen molar-refractivity contribution in [2.75, 3.05) is 50.7 Å². The lowest BCUT2D eigenvalue weighted by molar-refractivity contribution is 0.0525. The number of para-hydroxylation sites is 1. The van der Waals surface area contributed by atoms with Crippen molar-refractivity contribution in [2.24, 2.45) is 5.92 Å². The van der Waals surface area contributed by atoms with Crippen LogP contribution in [-0.4, -0.2) is 66.9 Å². The maximum Gasteiger partial charge on any atom is 0.186 e. The number of β-amino-alcohol motifs (C(OH)–C–C–N with tert-alkyl or cyclic N) is 1. The topological polar surface area (TPSA) is 51.6 Å². The molecular weight excluding hydrogens is 332 g/mol. The Labute approximate surface area is 153 Å². The van der Waals surface area contributed by atoms with Crippen LogP contribution < -0.4 is 10.2 Å². The van der Waals surface area contributed by atoms with Crippen LogP contribution in [-0.2, 0) is 0 Å². The molecule has 4 rings (SSSR count). The summed E-state index contributed by atoms with van der Waals surface area (Å²) in [6.45, 7) is 7.05. The van der Waals surface area contributed by atoms with Gasteiger partial charge in [-0.15, -0.1) is 0 Å². The van der Waals surface area contributed by atoms with Crippen molar-refractivity contribution in [3.05, 3.63) is 24.3 Å². The van der Waals surface area contributed by atoms with E-state index in [0.29, 0.717) is 5.92 Å². The Hall–Kier alpha value is -1.21. The van der Waals surface area contributed by atoms with Crippen LogP contribution in [0.4, 0.5) is 5.13 Å². The number of benzene rings is 1. The van der Waals surface area contributed by atoms with E-state index in [1.54, 1.807) is 11.3 Å². The van der Waals surface area contributed by atoms with Gasteiger partial charge in [0, 0.05) is 26.2 Å². The summed E-state index contributed by atoms with van der Waals surface area (Å²) in [5.74, 6) is 0.463. The molecule has 1 aromatic carbocycles. The molecule has 0 bridgehead atoms. The molecule has 0 spiro atoms. The van der Waals surface area contributed by atoms with Gasteiger partial charge in [0.1, 0.15) is 0 Å². The van der Waals surface area contributed by atoms with Gasteiger partial charge in [-0.05, 0) is 56.9 Å². The van der Waals surface area contributed by atoms with Crippen LogP contribution in [0, 0.1) is 5.92 Å². The van der Waals surface area contributed by atoms with Gasteiger partial charge in [0.2, 0.25) is 0 Å². The number of nitrogens with zero attached hydrogens (tertiary/aromatic N) is 3. The summed E-state index contributed by atoms with van der Waals surface area (Å²) < 4.78 is 1.26. The van der Waals surface area contributed by atoms with Gasteiger partial charge < -0.3 is 15.3 Å². The number of piperidine rings is 1. The van der Waals surface area contributed by atoms with E-state index in [1.165, 1.54) is 4.70 Å². The molecule has 5 nitrogen and oxygen atoms in total. The fourth-order valence-corrected chi connectivity index (χ4v) is 5.00. The van der Waals surface area contributed by atoms with Gasteiger partial charge in [-0.3, -0.25) is 4.90 Å². The third-order valence-electron chi connectivity index (χ3n) is 5.51. The van der Waals surface area contributed by atoms with Crippen molar-refractivity contribution in [2.45, 2.75) is 25.4 Å². The van der Waals surface area contributed by atoms with Crippen LogP contribution in [0.2, 0.25) is 0 Å². The molecule has 0 saturated carbocycles. The largest absolute Gasteiger partial charge is 0.392 e. The van der Waals surface area contributed by atoms with Crippen LogP contribution >= 0.6 is 11.3 Å². The summed E-state index contributed by atoms with van der Waals surface area (Å²) in [6, 6.07) is 8.37. The summed E-state index contributed by atoms with van der Waals surface area (Å²) in [5.41, 5.74) is 1.10. The highest BCUT2D eigenvalue weighted by Gasteiger charge is 2.25. The van der Waals surface area contributed by atoms with Crippen LogP contribution in [0.15, 0.2) is 24.3 Å². The molecular formula is C19H28N4OS. The quantitative estimate of drug-likeness (QED) is 0.875.